The van der Waals surface area contributed by atoms with Gasteiger partial charge in [0, 0.05) is 18.7 Å². The number of nitrogens with two attached hydrogens (primary N) is 2. The van der Waals surface area contributed by atoms with Crippen LogP contribution in [0.3, 0.4) is 0 Å². The Morgan fingerprint density at radius 1 is 0.907 bits per heavy atom. The fraction of sp³-hybridized carbons (Fsp3) is 0.429. The van der Waals surface area contributed by atoms with Gasteiger partial charge in [-0.05, 0) is 6.08 Å². The molecule has 3 aliphatic heterocycles. The van der Waals surface area contributed by atoms with Gasteiger partial charge in [0.25, 0.3) is 5.56 Å². The summed E-state index contributed by atoms with van der Waals surface area (Å²) in [5.74, 6) is 0.924. The van der Waals surface area contributed by atoms with Crippen molar-refractivity contribution in [3.63, 3.8) is 0 Å². The number of phosphoric acid groups is 1. The van der Waals surface area contributed by atoms with Crippen LogP contribution in [0.1, 0.15) is 25.3 Å². The predicted octanol–water partition coefficient (Wildman–Crippen LogP) is 0.299. The molecule has 43 heavy (non-hydrogen) atoms. The highest BCUT2D eigenvalue weighted by molar-refractivity contribution is 7.56. The van der Waals surface area contributed by atoms with Crippen LogP contribution in [0.5, 0.6) is 0 Å². The number of rotatable bonds is 2. The number of hydrogen-bond acceptors (Lipinski definition) is 15. The number of fused-ring (bicyclic) bond motifs is 4. The van der Waals surface area contributed by atoms with Gasteiger partial charge in [-0.15, -0.1) is 0 Å². The average Bonchev–Trinajstić information content (AvgIpc) is 3.71. The van der Waals surface area contributed by atoms with Gasteiger partial charge in [0.05, 0.1) is 19.3 Å². The number of H-pyrrole nitrogens is 1. The van der Waals surface area contributed by atoms with Crippen molar-refractivity contribution in [1.29, 1.82) is 0 Å². The Labute approximate surface area is 239 Å². The second-order valence-corrected chi connectivity index (χ2v) is 13.0. The Hall–Kier alpha value is -3.58. The molecule has 0 amide bonds. The first-order valence-corrected chi connectivity index (χ1v) is 15.9. The van der Waals surface area contributed by atoms with Crippen molar-refractivity contribution >= 4 is 49.5 Å². The second kappa shape index (κ2) is 10.3. The first-order valence-electron chi connectivity index (χ1n) is 12.8. The molecule has 2 unspecified atom stereocenters. The van der Waals surface area contributed by atoms with Crippen LogP contribution >= 0.6 is 15.4 Å². The smallest absolute Gasteiger partial charge is 0.382 e. The molecule has 0 aliphatic carbocycles. The molecule has 0 aromatic carbocycles. The zero-order valence-corrected chi connectivity index (χ0v) is 23.6. The summed E-state index contributed by atoms with van der Waals surface area (Å²) >= 11 is 0. The summed E-state index contributed by atoms with van der Waals surface area (Å²) in [6.45, 7) is -0.550. The number of nitrogens with one attached hydrogen (secondary N) is 1. The number of ether oxygens (including phenoxy) is 2. The zero-order valence-electron chi connectivity index (χ0n) is 21.8. The summed E-state index contributed by atoms with van der Waals surface area (Å²) in [5, 5.41) is 0. The summed E-state index contributed by atoms with van der Waals surface area (Å²) in [7, 11) is -9.16. The number of phosphoric ester groups is 1. The van der Waals surface area contributed by atoms with E-state index in [-0.39, 0.29) is 35.8 Å². The maximum Gasteiger partial charge on any atom is 0.472 e. The molecule has 8 atom stereocenters. The van der Waals surface area contributed by atoms with Gasteiger partial charge < -0.3 is 30.7 Å². The molecular formula is C21H24N10O10P2. The predicted molar refractivity (Wildman–Crippen MR) is 144 cm³/mol. The van der Waals surface area contributed by atoms with Crippen LogP contribution in [-0.2, 0) is 32.2 Å². The normalized spacial score (nSPS) is 35.8. The Bertz CT molecular complexity index is 1910. The number of nitrogens with zero attached hydrogens (tertiary/aromatic N) is 7. The van der Waals surface area contributed by atoms with Gasteiger partial charge in [-0.25, -0.2) is 24.5 Å². The Kier molecular flexibility index (Phi) is 6.73. The molecule has 4 aromatic heterocycles. The molecule has 228 valence electrons. The van der Waals surface area contributed by atoms with Crippen LogP contribution in [0.4, 0.5) is 11.8 Å². The summed E-state index contributed by atoms with van der Waals surface area (Å²) < 4.78 is 57.4. The van der Waals surface area contributed by atoms with Gasteiger partial charge in [-0.1, -0.05) is 0 Å². The van der Waals surface area contributed by atoms with Crippen LogP contribution < -0.4 is 17.0 Å². The van der Waals surface area contributed by atoms with Crippen LogP contribution in [0.15, 0.2) is 35.7 Å². The quantitative estimate of drug-likeness (QED) is 0.185. The molecule has 0 bridgehead atoms. The van der Waals surface area contributed by atoms with Gasteiger partial charge in [0.2, 0.25) is 5.95 Å². The lowest BCUT2D eigenvalue weighted by Gasteiger charge is -2.24. The topological polar surface area (TPSA) is 280 Å². The maximum absolute atomic E-state index is 13.2. The van der Waals surface area contributed by atoms with Crippen molar-refractivity contribution in [2.75, 3.05) is 18.1 Å². The van der Waals surface area contributed by atoms with E-state index in [9.17, 15) is 23.7 Å². The molecule has 7 rings (SSSR count). The molecule has 7 N–H and O–H groups in total. The van der Waals surface area contributed by atoms with Crippen LogP contribution in [0, 0.1) is 0 Å². The van der Waals surface area contributed by atoms with E-state index < -0.39 is 64.5 Å². The molecule has 22 heteroatoms. The van der Waals surface area contributed by atoms with Gasteiger partial charge in [-0.2, -0.15) is 4.98 Å². The number of anilines is 2. The van der Waals surface area contributed by atoms with Crippen LogP contribution in [0.2, 0.25) is 0 Å². The Balaban J connectivity index is 1.16. The lowest BCUT2D eigenvalue weighted by atomic mass is 10.2. The van der Waals surface area contributed by atoms with Gasteiger partial charge in [-0.3, -0.25) is 37.0 Å². The SMILES string of the molecule is Nc1nc2c(ncn2[C@H]2C[C@@H]3OP(=O)(O)/C=C\[C@H]4O[C@@H](n5cnc6c(N)ncnc65)C[C@@H]4OP(=O)(O)OC[C@H]3O2)c(=O)[nH]1. The molecule has 4 aromatic rings. The van der Waals surface area contributed by atoms with E-state index in [1.54, 1.807) is 4.57 Å². The van der Waals surface area contributed by atoms with Crippen molar-refractivity contribution in [1.82, 2.24) is 39.0 Å². The molecule has 20 nitrogen and oxygen atoms in total. The highest BCUT2D eigenvalue weighted by atomic mass is 31.2. The number of aromatic nitrogens is 8. The third kappa shape index (κ3) is 5.26. The summed E-state index contributed by atoms with van der Waals surface area (Å²) in [5.41, 5.74) is 11.8. The number of nitrogen functional groups attached to an aromatic ring is 2. The molecule has 2 fully saturated rings. The molecule has 7 heterocycles. The maximum atomic E-state index is 13.2. The Morgan fingerprint density at radius 2 is 1.63 bits per heavy atom. The van der Waals surface area contributed by atoms with Crippen LogP contribution in [-0.4, -0.2) is 79.8 Å². The third-order valence-electron chi connectivity index (χ3n) is 7.17. The Morgan fingerprint density at radius 3 is 2.44 bits per heavy atom. The van der Waals surface area contributed by atoms with E-state index >= 15 is 0 Å². The molecule has 3 aliphatic rings. The third-order valence-corrected chi connectivity index (χ3v) is 9.31. The minimum atomic E-state index is -4.73. The second-order valence-electron chi connectivity index (χ2n) is 9.97. The van der Waals surface area contributed by atoms with E-state index in [4.69, 9.17) is 34.5 Å². The highest BCUT2D eigenvalue weighted by Gasteiger charge is 2.46. The molecular weight excluding hydrogens is 614 g/mol. The average molecular weight is 638 g/mol. The number of imidazole rings is 2. The van der Waals surface area contributed by atoms with Crippen molar-refractivity contribution in [3.8, 4) is 0 Å². The fourth-order valence-electron chi connectivity index (χ4n) is 5.27. The number of aromatic amines is 1. The van der Waals surface area contributed by atoms with Crippen molar-refractivity contribution in [2.24, 2.45) is 0 Å². The van der Waals surface area contributed by atoms with E-state index in [0.29, 0.717) is 11.2 Å². The van der Waals surface area contributed by atoms with E-state index in [2.05, 4.69) is 29.9 Å². The van der Waals surface area contributed by atoms with E-state index in [1.165, 1.54) is 29.6 Å². The fourth-order valence-corrected chi connectivity index (χ4v) is 7.28. The van der Waals surface area contributed by atoms with Crippen LogP contribution in [0.25, 0.3) is 22.3 Å². The van der Waals surface area contributed by atoms with Crippen molar-refractivity contribution in [3.05, 3.63) is 41.2 Å². The molecule has 2 saturated heterocycles. The lowest BCUT2D eigenvalue weighted by molar-refractivity contribution is -0.0444. The van der Waals surface area contributed by atoms with Crippen molar-refractivity contribution < 1.29 is 42.0 Å². The van der Waals surface area contributed by atoms with Gasteiger partial charge in [0.15, 0.2) is 22.6 Å². The number of hydrogen-bond donors (Lipinski definition) is 5. The van der Waals surface area contributed by atoms with Crippen molar-refractivity contribution in [2.45, 2.75) is 49.7 Å². The minimum absolute atomic E-state index is 0.00525. The zero-order chi connectivity index (χ0) is 30.1. The lowest BCUT2D eigenvalue weighted by Crippen LogP contribution is -2.29. The summed E-state index contributed by atoms with van der Waals surface area (Å²) in [4.78, 5) is 56.3. The first-order chi connectivity index (χ1) is 20.5. The summed E-state index contributed by atoms with van der Waals surface area (Å²) in [6.07, 6.45) is -0.892. The van der Waals surface area contributed by atoms with E-state index in [0.717, 1.165) is 5.82 Å². The van der Waals surface area contributed by atoms with Gasteiger partial charge in [0.1, 0.15) is 48.7 Å². The summed E-state index contributed by atoms with van der Waals surface area (Å²) in [6, 6.07) is 0. The highest BCUT2D eigenvalue weighted by Crippen LogP contribution is 2.53. The van der Waals surface area contributed by atoms with E-state index in [1.807, 2.05) is 0 Å². The standard InChI is InChI=1S/C21H24N10O10P2/c22-17-15-18(25-6-24-17)30(7-26-15)13-3-10-9(38-13)1-2-42(33,34)40-11-4-14(39-12(11)5-37-43(35,36)41-10)31-8-27-16-19(31)28-21(23)29-20(16)32/h1-2,6-14H,3-5H2,(H,33,34)(H,35,36)(H2,22,24,25)(H3,23,28,29,32)/b2-1-/t9-,10+,11+,12-,13-,14-/m1/s1. The molecule has 0 spiro atoms. The first kappa shape index (κ1) is 28.2. The largest absolute Gasteiger partial charge is 0.472 e. The molecule has 0 radical (unpaired) electrons. The molecule has 0 saturated carbocycles. The minimum Gasteiger partial charge on any atom is -0.382 e. The monoisotopic (exact) mass is 638 g/mol. The van der Waals surface area contributed by atoms with Gasteiger partial charge >= 0.3 is 15.4 Å².